The van der Waals surface area contributed by atoms with Crippen molar-refractivity contribution in [3.05, 3.63) is 90.5 Å². The van der Waals surface area contributed by atoms with Crippen molar-refractivity contribution in [1.29, 1.82) is 0 Å². The topological polar surface area (TPSA) is 125 Å². The van der Waals surface area contributed by atoms with E-state index in [1.54, 1.807) is 46.2 Å². The molecule has 12 heteroatoms. The molecule has 0 aliphatic carbocycles. The van der Waals surface area contributed by atoms with Crippen LogP contribution in [0.25, 0.3) is 0 Å². The van der Waals surface area contributed by atoms with Gasteiger partial charge in [-0.05, 0) is 55.5 Å². The maximum absolute atomic E-state index is 14.8. The molecule has 1 spiro atoms. The van der Waals surface area contributed by atoms with Crippen LogP contribution in [0.15, 0.2) is 79.9 Å². The molecule has 2 N–H and O–H groups in total. The highest BCUT2D eigenvalue weighted by Crippen LogP contribution is 2.60. The van der Waals surface area contributed by atoms with E-state index in [0.717, 1.165) is 18.4 Å². The van der Waals surface area contributed by atoms with Gasteiger partial charge in [0.1, 0.15) is 18.2 Å². The number of nitrogens with one attached hydrogen (secondary N) is 1. The summed E-state index contributed by atoms with van der Waals surface area (Å²) in [6.07, 6.45) is 6.42. The second-order valence-corrected chi connectivity index (χ2v) is 14.6. The molecule has 3 amide bonds. The number of alkyl halides is 1. The number of carbonyl (C=O) groups excluding carboxylic acids is 4. The number of ether oxygens (including phenoxy) is 2. The molecule has 50 heavy (non-hydrogen) atoms. The minimum atomic E-state index is -1.26. The molecule has 2 bridgehead atoms. The number of likely N-dealkylation sites (tertiary alicyclic amines) is 1. The van der Waals surface area contributed by atoms with Crippen molar-refractivity contribution < 1.29 is 33.8 Å². The molecule has 3 saturated heterocycles. The molecule has 3 aliphatic rings. The number of esters is 1. The van der Waals surface area contributed by atoms with Gasteiger partial charge in [0.25, 0.3) is 5.91 Å². The lowest BCUT2D eigenvalue weighted by atomic mass is 9.70. The largest absolute Gasteiger partial charge is 0.463 e. The van der Waals surface area contributed by atoms with Crippen LogP contribution in [-0.4, -0.2) is 82.6 Å². The standard InChI is InChI=1S/C38H45BrClN3O7/c1-3-5-15-30(45)49-24-29(25-13-9-8-10-14-25)41-35(46)31-32-36(47)43(21-11-6-7-12-22-44)34(38(32)23-28(39)33(31)50-38)37(48)42(20-4-2)27-18-16-26(40)17-19-27/h3-4,8-10,13-14,16-19,28-29,31-34,44H,1-2,5-7,11-12,15,20-24H2,(H,41,46)/t28?,29-,31+,32-,33+,34+,38-/m0/s1. The number of unbranched alkanes of at least 4 members (excludes halogenated alkanes) is 3. The summed E-state index contributed by atoms with van der Waals surface area (Å²) in [5, 5.41) is 12.9. The zero-order chi connectivity index (χ0) is 35.8. The summed E-state index contributed by atoms with van der Waals surface area (Å²) in [6.45, 7) is 7.99. The van der Waals surface area contributed by atoms with Crippen molar-refractivity contribution in [1.82, 2.24) is 10.2 Å². The molecule has 3 heterocycles. The highest BCUT2D eigenvalue weighted by Gasteiger charge is 2.76. The average Bonchev–Trinajstić information content (AvgIpc) is 3.71. The summed E-state index contributed by atoms with van der Waals surface area (Å²) in [5.74, 6) is -3.25. The Morgan fingerprint density at radius 3 is 2.50 bits per heavy atom. The van der Waals surface area contributed by atoms with E-state index in [-0.39, 0.29) is 42.8 Å². The quantitative estimate of drug-likeness (QED) is 0.0885. The fourth-order valence-electron chi connectivity index (χ4n) is 7.56. The normalized spacial score (nSPS) is 25.5. The number of amides is 3. The Kier molecular flexibility index (Phi) is 12.9. The molecule has 3 aliphatic heterocycles. The van der Waals surface area contributed by atoms with E-state index in [9.17, 15) is 24.3 Å². The van der Waals surface area contributed by atoms with E-state index >= 15 is 0 Å². The molecule has 1 unspecified atom stereocenters. The van der Waals surface area contributed by atoms with E-state index in [2.05, 4.69) is 34.4 Å². The number of hydrogen-bond donors (Lipinski definition) is 2. The van der Waals surface area contributed by atoms with Gasteiger partial charge in [-0.25, -0.2) is 0 Å². The van der Waals surface area contributed by atoms with Crippen LogP contribution >= 0.6 is 27.5 Å². The number of halogens is 2. The van der Waals surface area contributed by atoms with E-state index in [1.165, 1.54) is 0 Å². The van der Waals surface area contributed by atoms with Gasteiger partial charge in [0.15, 0.2) is 0 Å². The van der Waals surface area contributed by atoms with E-state index in [0.29, 0.717) is 42.9 Å². The lowest BCUT2D eigenvalue weighted by Crippen LogP contribution is -2.57. The first-order chi connectivity index (χ1) is 24.2. The third-order valence-corrected chi connectivity index (χ3v) is 10.9. The maximum atomic E-state index is 14.8. The third kappa shape index (κ3) is 7.86. The fraction of sp³-hybridized carbons (Fsp3) is 0.474. The number of nitrogens with zero attached hydrogens (tertiary/aromatic N) is 2. The number of anilines is 1. The van der Waals surface area contributed by atoms with Crippen LogP contribution in [0, 0.1) is 11.8 Å². The number of allylic oxidation sites excluding steroid dienone is 1. The smallest absolute Gasteiger partial charge is 0.306 e. The number of rotatable bonds is 18. The van der Waals surface area contributed by atoms with Crippen molar-refractivity contribution in [3.63, 3.8) is 0 Å². The number of carbonyl (C=O) groups is 4. The average molecular weight is 771 g/mol. The number of hydrogen-bond acceptors (Lipinski definition) is 7. The van der Waals surface area contributed by atoms with Crippen LogP contribution < -0.4 is 10.2 Å². The summed E-state index contributed by atoms with van der Waals surface area (Å²) in [7, 11) is 0. The lowest BCUT2D eigenvalue weighted by Gasteiger charge is -2.37. The minimum absolute atomic E-state index is 0.0865. The number of aliphatic hydroxyl groups excluding tert-OH is 1. The van der Waals surface area contributed by atoms with Gasteiger partial charge in [-0.3, -0.25) is 19.2 Å². The van der Waals surface area contributed by atoms with Gasteiger partial charge < -0.3 is 29.7 Å². The van der Waals surface area contributed by atoms with Crippen LogP contribution in [0.3, 0.4) is 0 Å². The molecule has 7 atom stereocenters. The zero-order valence-corrected chi connectivity index (χ0v) is 30.4. The Hall–Kier alpha value is -3.51. The predicted octanol–water partition coefficient (Wildman–Crippen LogP) is 5.53. The first-order valence-corrected chi connectivity index (χ1v) is 18.5. The fourth-order valence-corrected chi connectivity index (χ4v) is 8.63. The van der Waals surface area contributed by atoms with Crippen molar-refractivity contribution in [2.75, 3.05) is 31.2 Å². The van der Waals surface area contributed by atoms with Crippen molar-refractivity contribution in [2.24, 2.45) is 11.8 Å². The van der Waals surface area contributed by atoms with Crippen molar-refractivity contribution in [2.45, 2.75) is 73.6 Å². The van der Waals surface area contributed by atoms with Crippen LogP contribution in [0.2, 0.25) is 5.02 Å². The Labute approximate surface area is 306 Å². The van der Waals surface area contributed by atoms with Crippen LogP contribution in [0.4, 0.5) is 5.69 Å². The molecular weight excluding hydrogens is 726 g/mol. The molecular formula is C38H45BrClN3O7. The minimum Gasteiger partial charge on any atom is -0.463 e. The van der Waals surface area contributed by atoms with E-state index < -0.39 is 47.5 Å². The highest BCUT2D eigenvalue weighted by atomic mass is 79.9. The number of benzene rings is 2. The van der Waals surface area contributed by atoms with E-state index in [1.807, 2.05) is 30.3 Å². The lowest BCUT2D eigenvalue weighted by molar-refractivity contribution is -0.145. The Morgan fingerprint density at radius 2 is 1.82 bits per heavy atom. The number of fused-ring (bicyclic) bond motifs is 1. The molecule has 2 aromatic rings. The van der Waals surface area contributed by atoms with Gasteiger partial charge in [-0.1, -0.05) is 82.9 Å². The van der Waals surface area contributed by atoms with E-state index in [4.69, 9.17) is 21.1 Å². The molecule has 3 fully saturated rings. The zero-order valence-electron chi connectivity index (χ0n) is 28.1. The molecule has 0 aromatic heterocycles. The molecule has 5 rings (SSSR count). The van der Waals surface area contributed by atoms with Crippen molar-refractivity contribution >= 4 is 56.9 Å². The highest BCUT2D eigenvalue weighted by molar-refractivity contribution is 9.09. The summed E-state index contributed by atoms with van der Waals surface area (Å²) < 4.78 is 12.3. The van der Waals surface area contributed by atoms with Gasteiger partial charge in [0, 0.05) is 41.7 Å². The summed E-state index contributed by atoms with van der Waals surface area (Å²) >= 11 is 9.91. The number of aliphatic hydroxyl groups is 1. The summed E-state index contributed by atoms with van der Waals surface area (Å²) in [5.41, 5.74) is 0.0793. The monoisotopic (exact) mass is 769 g/mol. The van der Waals surface area contributed by atoms with Gasteiger partial charge in [0.2, 0.25) is 11.8 Å². The summed E-state index contributed by atoms with van der Waals surface area (Å²) in [6, 6.07) is 14.4. The van der Waals surface area contributed by atoms with Crippen LogP contribution in [0.5, 0.6) is 0 Å². The Balaban J connectivity index is 1.47. The van der Waals surface area contributed by atoms with Gasteiger partial charge >= 0.3 is 5.97 Å². The molecule has 268 valence electrons. The van der Waals surface area contributed by atoms with Gasteiger partial charge in [-0.2, -0.15) is 0 Å². The third-order valence-electron chi connectivity index (χ3n) is 9.83. The predicted molar refractivity (Wildman–Crippen MR) is 195 cm³/mol. The maximum Gasteiger partial charge on any atom is 0.306 e. The second-order valence-electron chi connectivity index (χ2n) is 13.0. The Bertz CT molecular complexity index is 1540. The SMILES string of the molecule is C=CCCC(=O)OC[C@H](NC(=O)[C@H]1[C@@H]2O[C@@]3(CC2Br)[C@@H]1C(=O)N(CCCCCCO)[C@@H]3C(=O)N(CC=C)c1ccc(Cl)cc1)c1ccccc1. The molecule has 10 nitrogen and oxygen atoms in total. The molecule has 0 radical (unpaired) electrons. The first-order valence-electron chi connectivity index (χ1n) is 17.2. The van der Waals surface area contributed by atoms with Crippen LogP contribution in [0.1, 0.15) is 56.6 Å². The molecule has 2 aromatic carbocycles. The molecule has 0 saturated carbocycles. The van der Waals surface area contributed by atoms with Crippen molar-refractivity contribution in [3.8, 4) is 0 Å². The van der Waals surface area contributed by atoms with Crippen LogP contribution in [-0.2, 0) is 28.7 Å². The first kappa shape index (κ1) is 37.7. The summed E-state index contributed by atoms with van der Waals surface area (Å²) in [4.78, 5) is 59.0. The van der Waals surface area contributed by atoms with Gasteiger partial charge in [0.05, 0.1) is 24.0 Å². The second kappa shape index (κ2) is 17.1. The Morgan fingerprint density at radius 1 is 1.10 bits per heavy atom. The van der Waals surface area contributed by atoms with Gasteiger partial charge in [-0.15, -0.1) is 13.2 Å².